The minimum atomic E-state index is -1.00. The van der Waals surface area contributed by atoms with E-state index in [0.29, 0.717) is 6.42 Å². The number of carbonyl (C=O) groups is 3. The third-order valence-corrected chi connectivity index (χ3v) is 6.51. The van der Waals surface area contributed by atoms with E-state index in [1.165, 1.54) is 13.1 Å². The summed E-state index contributed by atoms with van der Waals surface area (Å²) < 4.78 is 0. The Balaban J connectivity index is 1.58. The number of H-pyrrole nitrogens is 1. The molecule has 2 amide bonds. The van der Waals surface area contributed by atoms with E-state index in [1.54, 1.807) is 18.2 Å². The van der Waals surface area contributed by atoms with Gasteiger partial charge in [-0.2, -0.15) is 0 Å². The number of Topliss-reactive ketones (excluding diaryl/α,β-unsaturated/α-hetero) is 1. The maximum absolute atomic E-state index is 13.5. The van der Waals surface area contributed by atoms with Gasteiger partial charge in [0.1, 0.15) is 11.7 Å². The SMILES string of the molecule is Cc1c(O)[nH]c(O)c1C(=O)C(NC(=O)C[C@H](NC(=O)c1ccccn1)c1ccccc1)C1=CCCCC1. The number of amides is 2. The summed E-state index contributed by atoms with van der Waals surface area (Å²) >= 11 is 0. The maximum Gasteiger partial charge on any atom is 0.270 e. The highest BCUT2D eigenvalue weighted by molar-refractivity contribution is 6.07. The molecule has 3 aromatic rings. The average molecular weight is 503 g/mol. The predicted molar refractivity (Wildman–Crippen MR) is 137 cm³/mol. The Morgan fingerprint density at radius 3 is 2.38 bits per heavy atom. The summed E-state index contributed by atoms with van der Waals surface area (Å²) in [6.45, 7) is 1.52. The number of hydrogen-bond acceptors (Lipinski definition) is 6. The Labute approximate surface area is 214 Å². The van der Waals surface area contributed by atoms with Gasteiger partial charge in [-0.15, -0.1) is 0 Å². The van der Waals surface area contributed by atoms with E-state index < -0.39 is 35.6 Å². The highest BCUT2D eigenvalue weighted by Crippen LogP contribution is 2.32. The highest BCUT2D eigenvalue weighted by atomic mass is 16.3. The van der Waals surface area contributed by atoms with Gasteiger partial charge in [0.2, 0.25) is 11.8 Å². The van der Waals surface area contributed by atoms with Crippen molar-refractivity contribution in [1.29, 1.82) is 0 Å². The molecule has 5 N–H and O–H groups in total. The van der Waals surface area contributed by atoms with Gasteiger partial charge in [0.05, 0.1) is 18.0 Å². The summed E-state index contributed by atoms with van der Waals surface area (Å²) in [4.78, 5) is 46.1. The third kappa shape index (κ3) is 6.06. The molecular weight excluding hydrogens is 472 g/mol. The second-order valence-corrected chi connectivity index (χ2v) is 9.07. The smallest absolute Gasteiger partial charge is 0.270 e. The molecule has 2 atom stereocenters. The average Bonchev–Trinajstić information content (AvgIpc) is 3.18. The van der Waals surface area contributed by atoms with Gasteiger partial charge < -0.3 is 20.8 Å². The Kier molecular flexibility index (Phi) is 8.02. The molecule has 9 heteroatoms. The van der Waals surface area contributed by atoms with Crippen LogP contribution in [0.15, 0.2) is 66.4 Å². The lowest BCUT2D eigenvalue weighted by molar-refractivity contribution is -0.121. The van der Waals surface area contributed by atoms with Crippen molar-refractivity contribution in [2.24, 2.45) is 0 Å². The zero-order chi connectivity index (χ0) is 26.4. The molecule has 0 spiro atoms. The predicted octanol–water partition coefficient (Wildman–Crippen LogP) is 3.86. The first-order valence-electron chi connectivity index (χ1n) is 12.2. The number of carbonyl (C=O) groups excluding carboxylic acids is 3. The molecule has 1 unspecified atom stereocenters. The molecule has 1 aliphatic carbocycles. The number of nitrogens with one attached hydrogen (secondary N) is 3. The van der Waals surface area contributed by atoms with Gasteiger partial charge in [-0.25, -0.2) is 0 Å². The molecule has 37 heavy (non-hydrogen) atoms. The summed E-state index contributed by atoms with van der Waals surface area (Å²) in [5.41, 5.74) is 1.87. The number of pyridine rings is 1. The second kappa shape index (κ2) is 11.6. The molecule has 192 valence electrons. The summed E-state index contributed by atoms with van der Waals surface area (Å²) in [6, 6.07) is 12.4. The van der Waals surface area contributed by atoms with Crippen molar-refractivity contribution in [3.05, 3.63) is 88.8 Å². The van der Waals surface area contributed by atoms with Crippen molar-refractivity contribution in [1.82, 2.24) is 20.6 Å². The van der Waals surface area contributed by atoms with E-state index in [0.717, 1.165) is 30.4 Å². The molecule has 0 saturated carbocycles. The van der Waals surface area contributed by atoms with Crippen molar-refractivity contribution < 1.29 is 24.6 Å². The van der Waals surface area contributed by atoms with Crippen molar-refractivity contribution in [2.75, 3.05) is 0 Å². The maximum atomic E-state index is 13.5. The van der Waals surface area contributed by atoms with Crippen LogP contribution in [0.1, 0.15) is 70.1 Å². The fraction of sp³-hybridized carbons (Fsp3) is 0.286. The lowest BCUT2D eigenvalue weighted by Crippen LogP contribution is -2.44. The molecule has 0 fully saturated rings. The van der Waals surface area contributed by atoms with Crippen LogP contribution in [0.4, 0.5) is 0 Å². The molecule has 0 bridgehead atoms. The Morgan fingerprint density at radius 2 is 1.76 bits per heavy atom. The summed E-state index contributed by atoms with van der Waals surface area (Å²) in [5, 5.41) is 25.9. The zero-order valence-electron chi connectivity index (χ0n) is 20.5. The first-order chi connectivity index (χ1) is 17.8. The first kappa shape index (κ1) is 25.7. The fourth-order valence-corrected chi connectivity index (χ4v) is 4.53. The van der Waals surface area contributed by atoms with Gasteiger partial charge in [0.25, 0.3) is 5.91 Å². The summed E-state index contributed by atoms with van der Waals surface area (Å²) in [7, 11) is 0. The van der Waals surface area contributed by atoms with Crippen LogP contribution in [0.5, 0.6) is 11.8 Å². The number of ketones is 1. The van der Waals surface area contributed by atoms with Gasteiger partial charge in [0.15, 0.2) is 11.7 Å². The second-order valence-electron chi connectivity index (χ2n) is 9.07. The fourth-order valence-electron chi connectivity index (χ4n) is 4.53. The highest BCUT2D eigenvalue weighted by Gasteiger charge is 2.32. The van der Waals surface area contributed by atoms with E-state index >= 15 is 0 Å². The number of aromatic hydroxyl groups is 2. The van der Waals surface area contributed by atoms with Crippen molar-refractivity contribution in [3.63, 3.8) is 0 Å². The molecular formula is C28H30N4O5. The number of aromatic amines is 1. The van der Waals surface area contributed by atoms with Gasteiger partial charge in [0, 0.05) is 11.8 Å². The number of hydrogen-bond donors (Lipinski definition) is 5. The van der Waals surface area contributed by atoms with Crippen LogP contribution < -0.4 is 10.6 Å². The molecule has 0 saturated heterocycles. The third-order valence-electron chi connectivity index (χ3n) is 6.51. The van der Waals surface area contributed by atoms with Crippen molar-refractivity contribution >= 4 is 17.6 Å². The van der Waals surface area contributed by atoms with Gasteiger partial charge >= 0.3 is 0 Å². The van der Waals surface area contributed by atoms with Crippen LogP contribution in [-0.2, 0) is 4.79 Å². The number of rotatable bonds is 9. The number of nitrogens with zero attached hydrogens (tertiary/aromatic N) is 1. The summed E-state index contributed by atoms with van der Waals surface area (Å²) in [6.07, 6.45) is 6.62. The largest absolute Gasteiger partial charge is 0.494 e. The number of aromatic nitrogens is 2. The van der Waals surface area contributed by atoms with Gasteiger partial charge in [-0.3, -0.25) is 24.4 Å². The van der Waals surface area contributed by atoms with Crippen LogP contribution in [-0.4, -0.2) is 43.8 Å². The molecule has 0 radical (unpaired) electrons. The van der Waals surface area contributed by atoms with Crippen molar-refractivity contribution in [3.8, 4) is 11.8 Å². The monoisotopic (exact) mass is 502 g/mol. The molecule has 9 nitrogen and oxygen atoms in total. The zero-order valence-corrected chi connectivity index (χ0v) is 20.5. The molecule has 1 aromatic carbocycles. The normalized spacial score (nSPS) is 14.8. The Bertz CT molecular complexity index is 1300. The summed E-state index contributed by atoms with van der Waals surface area (Å²) in [5.74, 6) is -2.13. The molecule has 1 aliphatic rings. The first-order valence-corrected chi connectivity index (χ1v) is 12.2. The topological polar surface area (TPSA) is 144 Å². The van der Waals surface area contributed by atoms with Crippen LogP contribution in [0.3, 0.4) is 0 Å². The minimum Gasteiger partial charge on any atom is -0.494 e. The lowest BCUT2D eigenvalue weighted by Gasteiger charge is -2.25. The van der Waals surface area contributed by atoms with Crippen LogP contribution >= 0.6 is 0 Å². The van der Waals surface area contributed by atoms with Crippen LogP contribution in [0.2, 0.25) is 0 Å². The van der Waals surface area contributed by atoms with E-state index in [9.17, 15) is 24.6 Å². The van der Waals surface area contributed by atoms with Crippen molar-refractivity contribution in [2.45, 2.75) is 51.1 Å². The van der Waals surface area contributed by atoms with E-state index in [-0.39, 0.29) is 29.1 Å². The molecule has 4 rings (SSSR count). The standard InChI is InChI=1S/C28H30N4O5/c1-17-23(28(37)32-26(17)35)25(34)24(19-12-6-3-7-13-19)31-22(33)16-21(18-10-4-2-5-11-18)30-27(36)20-14-8-9-15-29-20/h2,4-5,8-12,14-15,21,24,32,35,37H,3,6-7,13,16H2,1H3,(H,30,36)(H,31,33)/t21-,24?/m0/s1. The van der Waals surface area contributed by atoms with Crippen LogP contribution in [0.25, 0.3) is 0 Å². The molecule has 0 aliphatic heterocycles. The molecule has 2 heterocycles. The van der Waals surface area contributed by atoms with E-state index in [4.69, 9.17) is 0 Å². The van der Waals surface area contributed by atoms with Gasteiger partial charge in [-0.1, -0.05) is 42.5 Å². The van der Waals surface area contributed by atoms with E-state index in [1.807, 2.05) is 36.4 Å². The number of benzene rings is 1. The van der Waals surface area contributed by atoms with Gasteiger partial charge in [-0.05, 0) is 55.9 Å². The Morgan fingerprint density at radius 1 is 1.00 bits per heavy atom. The lowest BCUT2D eigenvalue weighted by atomic mass is 9.88. The minimum absolute atomic E-state index is 0.0580. The quantitative estimate of drug-likeness (QED) is 0.222. The molecule has 2 aromatic heterocycles. The Hall–Kier alpha value is -4.40. The van der Waals surface area contributed by atoms with Crippen LogP contribution in [0, 0.1) is 6.92 Å². The number of allylic oxidation sites excluding steroid dienone is 1. The van der Waals surface area contributed by atoms with E-state index in [2.05, 4.69) is 20.6 Å².